The molecule has 1 atom stereocenters. The molecule has 0 saturated heterocycles. The number of rotatable bonds is 7. The number of aromatic nitrogens is 2. The van der Waals surface area contributed by atoms with Gasteiger partial charge in [-0.05, 0) is 31.4 Å². The molecule has 7 heteroatoms. The molecule has 0 bridgehead atoms. The second kappa shape index (κ2) is 10.8. The second-order valence-corrected chi connectivity index (χ2v) is 6.93. The molecule has 1 N–H and O–H groups in total. The third-order valence-corrected chi connectivity index (χ3v) is 5.38. The number of nitrogens with zero attached hydrogens (tertiary/aromatic N) is 4. The standard InChI is InChI=1S/C21H29N5O2.C2H6/c1-6-14(7-2)26-16(8-3)20(27)25(4)17-13-22-21(24-19(17)26)23-15-11-9-10-12-18(15)28-5;1-2/h9-14,16H,6-8H2,1-5H3,(H,22,23,24);1-2H3. The van der Waals surface area contributed by atoms with Gasteiger partial charge < -0.3 is 19.9 Å². The van der Waals surface area contributed by atoms with E-state index in [4.69, 9.17) is 9.72 Å². The van der Waals surface area contributed by atoms with Crippen molar-refractivity contribution in [1.29, 1.82) is 0 Å². The fraction of sp³-hybridized carbons (Fsp3) is 0.522. The first-order chi connectivity index (χ1) is 14.5. The van der Waals surface area contributed by atoms with E-state index in [1.165, 1.54) is 0 Å². The van der Waals surface area contributed by atoms with Crippen molar-refractivity contribution >= 4 is 29.0 Å². The molecule has 164 valence electrons. The number of fused-ring (bicyclic) bond motifs is 1. The van der Waals surface area contributed by atoms with Gasteiger partial charge in [0.2, 0.25) is 11.9 Å². The maximum atomic E-state index is 12.9. The number of para-hydroxylation sites is 2. The predicted molar refractivity (Wildman–Crippen MR) is 124 cm³/mol. The number of nitrogens with one attached hydrogen (secondary N) is 1. The minimum Gasteiger partial charge on any atom is -0.495 e. The van der Waals surface area contributed by atoms with Gasteiger partial charge in [-0.1, -0.05) is 46.8 Å². The first-order valence-electron chi connectivity index (χ1n) is 10.9. The van der Waals surface area contributed by atoms with Crippen LogP contribution in [-0.4, -0.2) is 42.1 Å². The average Bonchev–Trinajstić information content (AvgIpc) is 2.79. The summed E-state index contributed by atoms with van der Waals surface area (Å²) in [5, 5.41) is 3.25. The van der Waals surface area contributed by atoms with Crippen LogP contribution < -0.4 is 19.9 Å². The first-order valence-corrected chi connectivity index (χ1v) is 10.9. The van der Waals surface area contributed by atoms with Gasteiger partial charge in [0.25, 0.3) is 0 Å². The van der Waals surface area contributed by atoms with Crippen molar-refractivity contribution in [2.45, 2.75) is 66.0 Å². The lowest BCUT2D eigenvalue weighted by Crippen LogP contribution is -2.56. The predicted octanol–water partition coefficient (Wildman–Crippen LogP) is 5.01. The van der Waals surface area contributed by atoms with Crippen molar-refractivity contribution in [2.75, 3.05) is 29.3 Å². The number of hydrogen-bond donors (Lipinski definition) is 1. The Morgan fingerprint density at radius 1 is 1.17 bits per heavy atom. The lowest BCUT2D eigenvalue weighted by Gasteiger charge is -2.44. The van der Waals surface area contributed by atoms with Gasteiger partial charge in [0.15, 0.2) is 5.82 Å². The monoisotopic (exact) mass is 413 g/mol. The highest BCUT2D eigenvalue weighted by atomic mass is 16.5. The summed E-state index contributed by atoms with van der Waals surface area (Å²) in [7, 11) is 3.43. The first kappa shape index (κ1) is 23.4. The minimum atomic E-state index is -0.212. The molecule has 1 unspecified atom stereocenters. The Morgan fingerprint density at radius 3 is 2.43 bits per heavy atom. The molecule has 7 nitrogen and oxygen atoms in total. The molecule has 1 aromatic carbocycles. The third-order valence-electron chi connectivity index (χ3n) is 5.38. The van der Waals surface area contributed by atoms with E-state index >= 15 is 0 Å². The van der Waals surface area contributed by atoms with E-state index in [9.17, 15) is 4.79 Å². The molecule has 2 aromatic rings. The Labute approximate surface area is 180 Å². The maximum Gasteiger partial charge on any atom is 0.249 e. The van der Waals surface area contributed by atoms with Crippen LogP contribution in [0, 0.1) is 0 Å². The molecule has 0 fully saturated rings. The molecule has 0 radical (unpaired) electrons. The van der Waals surface area contributed by atoms with Gasteiger partial charge >= 0.3 is 0 Å². The highest BCUT2D eigenvalue weighted by Gasteiger charge is 2.39. The minimum absolute atomic E-state index is 0.0935. The van der Waals surface area contributed by atoms with Crippen molar-refractivity contribution in [2.24, 2.45) is 0 Å². The molecule has 0 aliphatic carbocycles. The van der Waals surface area contributed by atoms with Crippen LogP contribution in [0.3, 0.4) is 0 Å². The van der Waals surface area contributed by atoms with Crippen LogP contribution in [0.1, 0.15) is 53.9 Å². The zero-order valence-electron chi connectivity index (χ0n) is 19.3. The molecule has 30 heavy (non-hydrogen) atoms. The molecule has 2 heterocycles. The van der Waals surface area contributed by atoms with Gasteiger partial charge in [-0.3, -0.25) is 4.79 Å². The zero-order chi connectivity index (χ0) is 22.3. The van der Waals surface area contributed by atoms with Gasteiger partial charge in [0.1, 0.15) is 17.5 Å². The summed E-state index contributed by atoms with van der Waals surface area (Å²) >= 11 is 0. The molecule has 0 saturated carbocycles. The highest BCUT2D eigenvalue weighted by molar-refractivity contribution is 6.04. The normalized spacial score (nSPS) is 15.5. The summed E-state index contributed by atoms with van der Waals surface area (Å²) < 4.78 is 5.41. The van der Waals surface area contributed by atoms with Crippen LogP contribution in [0.5, 0.6) is 5.75 Å². The molecule has 1 aliphatic rings. The number of amides is 1. The number of ether oxygens (including phenoxy) is 1. The SMILES string of the molecule is CC.CCC(CC)N1c2nc(Nc3ccccc3OC)ncc2N(C)C(=O)C1CC. The van der Waals surface area contributed by atoms with Gasteiger partial charge in [-0.2, -0.15) is 4.98 Å². The smallest absolute Gasteiger partial charge is 0.249 e. The number of carbonyl (C=O) groups is 1. The van der Waals surface area contributed by atoms with Gasteiger partial charge in [-0.15, -0.1) is 0 Å². The van der Waals surface area contributed by atoms with E-state index in [0.717, 1.165) is 42.2 Å². The highest BCUT2D eigenvalue weighted by Crippen LogP contribution is 2.38. The Hall–Kier alpha value is -2.83. The van der Waals surface area contributed by atoms with Crippen LogP contribution in [0.4, 0.5) is 23.1 Å². The number of anilines is 4. The van der Waals surface area contributed by atoms with Gasteiger partial charge in [0.05, 0.1) is 19.0 Å². The van der Waals surface area contributed by atoms with Crippen LogP contribution in [0.25, 0.3) is 0 Å². The van der Waals surface area contributed by atoms with Crippen molar-refractivity contribution in [1.82, 2.24) is 9.97 Å². The van der Waals surface area contributed by atoms with E-state index < -0.39 is 0 Å². The molecule has 3 rings (SSSR count). The Morgan fingerprint density at radius 2 is 1.83 bits per heavy atom. The topological polar surface area (TPSA) is 70.6 Å². The average molecular weight is 414 g/mol. The summed E-state index contributed by atoms with van der Waals surface area (Å²) in [4.78, 5) is 26.0. The lowest BCUT2D eigenvalue weighted by atomic mass is 10.0. The fourth-order valence-electron chi connectivity index (χ4n) is 3.81. The summed E-state index contributed by atoms with van der Waals surface area (Å²) in [5.41, 5.74) is 1.54. The van der Waals surface area contributed by atoms with Crippen molar-refractivity contribution in [3.63, 3.8) is 0 Å². The van der Waals surface area contributed by atoms with Gasteiger partial charge in [-0.25, -0.2) is 4.98 Å². The third kappa shape index (κ3) is 4.50. The van der Waals surface area contributed by atoms with Crippen molar-refractivity contribution in [3.05, 3.63) is 30.5 Å². The molecule has 1 aromatic heterocycles. The molecular weight excluding hydrogens is 378 g/mol. The van der Waals surface area contributed by atoms with Crippen LogP contribution in [0.2, 0.25) is 0 Å². The molecule has 1 aliphatic heterocycles. The Bertz CT molecular complexity index is 838. The Balaban J connectivity index is 0.00000155. The summed E-state index contributed by atoms with van der Waals surface area (Å²) in [6.45, 7) is 10.4. The van der Waals surface area contributed by atoms with Crippen molar-refractivity contribution < 1.29 is 9.53 Å². The van der Waals surface area contributed by atoms with Crippen LogP contribution in [-0.2, 0) is 4.79 Å². The summed E-state index contributed by atoms with van der Waals surface area (Å²) in [6.07, 6.45) is 4.35. The number of benzene rings is 1. The van der Waals surface area contributed by atoms with Crippen molar-refractivity contribution in [3.8, 4) is 5.75 Å². The Kier molecular flexibility index (Phi) is 8.45. The quantitative estimate of drug-likeness (QED) is 0.688. The van der Waals surface area contributed by atoms with Gasteiger partial charge in [0, 0.05) is 13.1 Å². The molecule has 1 amide bonds. The van der Waals surface area contributed by atoms with Crippen LogP contribution in [0.15, 0.2) is 30.5 Å². The molecule has 0 spiro atoms. The number of methoxy groups -OCH3 is 1. The summed E-state index contributed by atoms with van der Waals surface area (Å²) in [6, 6.07) is 7.69. The van der Waals surface area contributed by atoms with Crippen LogP contribution >= 0.6 is 0 Å². The number of carbonyl (C=O) groups excluding carboxylic acids is 1. The number of likely N-dealkylation sites (N-methyl/N-ethyl adjacent to an activating group) is 1. The van der Waals surface area contributed by atoms with E-state index in [-0.39, 0.29) is 18.0 Å². The van der Waals surface area contributed by atoms with E-state index in [2.05, 4.69) is 29.0 Å². The van der Waals surface area contributed by atoms with E-state index in [0.29, 0.717) is 5.95 Å². The largest absolute Gasteiger partial charge is 0.495 e. The van der Waals surface area contributed by atoms with E-state index in [1.54, 1.807) is 25.3 Å². The second-order valence-electron chi connectivity index (χ2n) is 6.93. The maximum absolute atomic E-state index is 12.9. The van der Waals surface area contributed by atoms with E-state index in [1.807, 2.05) is 45.0 Å². The zero-order valence-corrected chi connectivity index (χ0v) is 19.3. The number of hydrogen-bond acceptors (Lipinski definition) is 6. The molecular formula is C23H35N5O2. The lowest BCUT2D eigenvalue weighted by molar-refractivity contribution is -0.120. The fourth-order valence-corrected chi connectivity index (χ4v) is 3.81. The summed E-state index contributed by atoms with van der Waals surface area (Å²) in [5.74, 6) is 2.10.